The Bertz CT molecular complexity index is 293. The fourth-order valence-corrected chi connectivity index (χ4v) is 4.89. The maximum Gasteiger partial charge on any atom is 0.00965 e. The monoisotopic (exact) mass is 340 g/mol. The third-order valence-electron chi connectivity index (χ3n) is 5.71. The van der Waals surface area contributed by atoms with Crippen LogP contribution < -0.4 is 5.32 Å². The van der Waals surface area contributed by atoms with Gasteiger partial charge in [0.1, 0.15) is 0 Å². The molecule has 2 spiro atoms. The van der Waals surface area contributed by atoms with E-state index < -0.39 is 0 Å². The molecule has 24 heavy (non-hydrogen) atoms. The van der Waals surface area contributed by atoms with E-state index in [1.807, 2.05) is 27.7 Å². The maximum atomic E-state index is 3.40. The third kappa shape index (κ3) is 5.69. The Morgan fingerprint density at radius 2 is 1.00 bits per heavy atom. The van der Waals surface area contributed by atoms with Crippen LogP contribution in [0.3, 0.4) is 0 Å². The molecule has 0 aliphatic carbocycles. The normalized spacial score (nSPS) is 27.6. The number of hydrogen-bond donors (Lipinski definition) is 1. The highest BCUT2D eigenvalue weighted by Crippen LogP contribution is 2.38. The molecule has 0 radical (unpaired) electrons. The van der Waals surface area contributed by atoms with Gasteiger partial charge in [-0.15, -0.1) is 0 Å². The first-order chi connectivity index (χ1) is 11.5. The Morgan fingerprint density at radius 1 is 0.583 bits per heavy atom. The molecule has 144 valence electrons. The van der Waals surface area contributed by atoms with Gasteiger partial charge in [0.05, 0.1) is 0 Å². The van der Waals surface area contributed by atoms with Gasteiger partial charge in [0.2, 0.25) is 0 Å². The second-order valence-electron chi connectivity index (χ2n) is 8.08. The first-order valence-electron chi connectivity index (χ1n) is 10.3. The maximum absolute atomic E-state index is 3.40. The molecule has 0 atom stereocenters. The second kappa shape index (κ2) is 10.1. The van der Waals surface area contributed by atoms with E-state index in [0.29, 0.717) is 5.41 Å². The number of nitrogens with one attached hydrogen (secondary N) is 1. The van der Waals surface area contributed by atoms with Crippen LogP contribution in [0.5, 0.6) is 0 Å². The fraction of sp³-hybridized carbons (Fsp3) is 1.00. The highest BCUT2D eigenvalue weighted by molar-refractivity contribution is 4.99. The lowest BCUT2D eigenvalue weighted by atomic mass is 9.73. The highest BCUT2D eigenvalue weighted by Gasteiger charge is 2.44. The van der Waals surface area contributed by atoms with Crippen LogP contribution >= 0.6 is 0 Å². The largest absolute Gasteiger partial charge is 0.317 e. The van der Waals surface area contributed by atoms with Gasteiger partial charge in [-0.05, 0) is 65.5 Å². The Morgan fingerprint density at radius 3 is 1.38 bits per heavy atom. The van der Waals surface area contributed by atoms with Crippen molar-refractivity contribution in [3.63, 3.8) is 0 Å². The molecular formula is C20H44N4. The first-order valence-corrected chi connectivity index (χ1v) is 10.3. The Labute approximate surface area is 151 Å². The lowest BCUT2D eigenvalue weighted by Crippen LogP contribution is -2.58. The third-order valence-corrected chi connectivity index (χ3v) is 5.71. The summed E-state index contributed by atoms with van der Waals surface area (Å²) in [5, 5.41) is 3.40. The molecule has 4 heteroatoms. The fourth-order valence-electron chi connectivity index (χ4n) is 4.89. The van der Waals surface area contributed by atoms with Crippen molar-refractivity contribution in [1.29, 1.82) is 0 Å². The quantitative estimate of drug-likeness (QED) is 0.732. The van der Waals surface area contributed by atoms with E-state index in [0.717, 1.165) is 5.41 Å². The van der Waals surface area contributed by atoms with Gasteiger partial charge in [0.25, 0.3) is 0 Å². The van der Waals surface area contributed by atoms with Gasteiger partial charge in [-0.25, -0.2) is 0 Å². The van der Waals surface area contributed by atoms with Gasteiger partial charge in [0.15, 0.2) is 0 Å². The number of hydrogen-bond acceptors (Lipinski definition) is 4. The minimum absolute atomic E-state index is 0.712. The van der Waals surface area contributed by atoms with Crippen molar-refractivity contribution in [2.45, 2.75) is 47.0 Å². The van der Waals surface area contributed by atoms with Crippen LogP contribution in [0.25, 0.3) is 0 Å². The molecule has 4 nitrogen and oxygen atoms in total. The summed E-state index contributed by atoms with van der Waals surface area (Å²) in [5.41, 5.74) is 1.45. The van der Waals surface area contributed by atoms with Crippen LogP contribution in [-0.4, -0.2) is 88.2 Å². The van der Waals surface area contributed by atoms with E-state index in [2.05, 4.69) is 41.2 Å². The molecule has 4 aliphatic heterocycles. The summed E-state index contributed by atoms with van der Waals surface area (Å²) in [6.07, 6.45) is 4.22. The van der Waals surface area contributed by atoms with Gasteiger partial charge < -0.3 is 20.0 Å². The molecule has 4 aliphatic rings. The van der Waals surface area contributed by atoms with Gasteiger partial charge in [-0.3, -0.25) is 0 Å². The van der Waals surface area contributed by atoms with Gasteiger partial charge >= 0.3 is 0 Å². The molecule has 1 N–H and O–H groups in total. The van der Waals surface area contributed by atoms with E-state index in [-0.39, 0.29) is 0 Å². The Kier molecular flexibility index (Phi) is 9.21. The predicted molar refractivity (Wildman–Crippen MR) is 107 cm³/mol. The molecule has 0 aromatic heterocycles. The molecule has 0 bridgehead atoms. The van der Waals surface area contributed by atoms with Crippen molar-refractivity contribution in [1.82, 2.24) is 20.0 Å². The summed E-state index contributed by atoms with van der Waals surface area (Å²) in [6.45, 7) is 18.5. The van der Waals surface area contributed by atoms with Gasteiger partial charge in [0, 0.05) is 38.1 Å². The molecule has 4 heterocycles. The average molecular weight is 341 g/mol. The predicted octanol–water partition coefficient (Wildman–Crippen LogP) is 2.61. The smallest absolute Gasteiger partial charge is 0.00965 e. The van der Waals surface area contributed by atoms with Crippen LogP contribution in [0.4, 0.5) is 0 Å². The molecule has 4 rings (SSSR count). The lowest BCUT2D eigenvalue weighted by Gasteiger charge is -2.51. The standard InChI is InChI=1S/2C8H16N2.2C2H6/c1-9-4-3-8(5-9)6-10(2)7-8;1-10-6-8(7-10)2-4-9-5-3-8;2*1-2/h3-7H2,1-2H3;9H,2-7H2,1H3;2*1-2H3. The number of likely N-dealkylation sites (tertiary alicyclic amines) is 3. The van der Waals surface area contributed by atoms with Crippen LogP contribution in [-0.2, 0) is 0 Å². The molecule has 0 amide bonds. The zero-order valence-corrected chi connectivity index (χ0v) is 17.6. The Hall–Kier alpha value is -0.160. The van der Waals surface area contributed by atoms with Crippen molar-refractivity contribution < 1.29 is 0 Å². The number of rotatable bonds is 0. The molecule has 4 saturated heterocycles. The summed E-state index contributed by atoms with van der Waals surface area (Å²) in [7, 11) is 6.66. The SMILES string of the molecule is CC.CC.CN1CC2(CCNCC2)C1.CN1CCC2(C1)CN(C)C2. The molecule has 0 aromatic rings. The molecule has 0 aromatic carbocycles. The summed E-state index contributed by atoms with van der Waals surface area (Å²) >= 11 is 0. The van der Waals surface area contributed by atoms with E-state index in [1.54, 1.807) is 0 Å². The molecule has 0 unspecified atom stereocenters. The van der Waals surface area contributed by atoms with Gasteiger partial charge in [-0.1, -0.05) is 27.7 Å². The lowest BCUT2D eigenvalue weighted by molar-refractivity contribution is -0.00368. The van der Waals surface area contributed by atoms with Crippen molar-refractivity contribution >= 4 is 0 Å². The van der Waals surface area contributed by atoms with Crippen molar-refractivity contribution in [2.24, 2.45) is 10.8 Å². The molecule has 0 saturated carbocycles. The molecular weight excluding hydrogens is 296 g/mol. The zero-order valence-electron chi connectivity index (χ0n) is 17.6. The topological polar surface area (TPSA) is 21.8 Å². The van der Waals surface area contributed by atoms with E-state index in [1.165, 1.54) is 71.6 Å². The van der Waals surface area contributed by atoms with E-state index >= 15 is 0 Å². The Balaban J connectivity index is 0.000000199. The molecule has 4 fully saturated rings. The second-order valence-corrected chi connectivity index (χ2v) is 8.08. The van der Waals surface area contributed by atoms with Gasteiger partial charge in [-0.2, -0.15) is 0 Å². The summed E-state index contributed by atoms with van der Waals surface area (Å²) in [6, 6.07) is 0. The van der Waals surface area contributed by atoms with E-state index in [4.69, 9.17) is 0 Å². The first kappa shape index (κ1) is 21.9. The summed E-state index contributed by atoms with van der Waals surface area (Å²) in [4.78, 5) is 7.29. The van der Waals surface area contributed by atoms with Crippen molar-refractivity contribution in [2.75, 3.05) is 73.5 Å². The summed E-state index contributed by atoms with van der Waals surface area (Å²) in [5.74, 6) is 0. The number of nitrogens with zero attached hydrogens (tertiary/aromatic N) is 3. The highest BCUT2D eigenvalue weighted by atomic mass is 15.2. The van der Waals surface area contributed by atoms with Crippen LogP contribution in [0.1, 0.15) is 47.0 Å². The minimum Gasteiger partial charge on any atom is -0.317 e. The average Bonchev–Trinajstić information content (AvgIpc) is 2.93. The summed E-state index contributed by atoms with van der Waals surface area (Å²) < 4.78 is 0. The van der Waals surface area contributed by atoms with Crippen molar-refractivity contribution in [3.8, 4) is 0 Å². The zero-order chi connectivity index (χ0) is 18.2. The van der Waals surface area contributed by atoms with E-state index in [9.17, 15) is 0 Å². The van der Waals surface area contributed by atoms with Crippen LogP contribution in [0.2, 0.25) is 0 Å². The number of piperidine rings is 1. The minimum atomic E-state index is 0.712. The van der Waals surface area contributed by atoms with Crippen LogP contribution in [0.15, 0.2) is 0 Å². The van der Waals surface area contributed by atoms with Crippen LogP contribution in [0, 0.1) is 10.8 Å². The van der Waals surface area contributed by atoms with Crippen molar-refractivity contribution in [3.05, 3.63) is 0 Å².